The minimum Gasteiger partial charge on any atom is -0.481 e. The van der Waals surface area contributed by atoms with Crippen molar-refractivity contribution in [3.05, 3.63) is 24.0 Å². The molecule has 0 spiro atoms. The SMILES string of the molecule is O=C(O)C1CCCN(C(=O)Nc2cc(F)ccc2SCC(F)F)C1. The van der Waals surface area contributed by atoms with Crippen molar-refractivity contribution in [2.24, 2.45) is 5.92 Å². The molecule has 1 atom stereocenters. The lowest BCUT2D eigenvalue weighted by Crippen LogP contribution is -2.44. The second kappa shape index (κ2) is 8.27. The highest BCUT2D eigenvalue weighted by Gasteiger charge is 2.28. The average Bonchev–Trinajstić information content (AvgIpc) is 2.54. The summed E-state index contributed by atoms with van der Waals surface area (Å²) in [6, 6.07) is 2.95. The number of halogens is 3. The summed E-state index contributed by atoms with van der Waals surface area (Å²) in [6.45, 7) is 0.459. The molecule has 1 saturated heterocycles. The fraction of sp³-hybridized carbons (Fsp3) is 0.467. The number of alkyl halides is 2. The zero-order valence-corrected chi connectivity index (χ0v) is 13.5. The van der Waals surface area contributed by atoms with E-state index in [1.54, 1.807) is 0 Å². The molecule has 1 heterocycles. The van der Waals surface area contributed by atoms with E-state index in [4.69, 9.17) is 5.11 Å². The summed E-state index contributed by atoms with van der Waals surface area (Å²) < 4.78 is 38.1. The zero-order chi connectivity index (χ0) is 17.7. The highest BCUT2D eigenvalue weighted by atomic mass is 32.2. The van der Waals surface area contributed by atoms with Gasteiger partial charge in [0, 0.05) is 18.0 Å². The molecule has 24 heavy (non-hydrogen) atoms. The van der Waals surface area contributed by atoms with E-state index in [0.29, 0.717) is 24.3 Å². The molecule has 1 aliphatic heterocycles. The van der Waals surface area contributed by atoms with Crippen LogP contribution >= 0.6 is 11.8 Å². The second-order valence-electron chi connectivity index (χ2n) is 5.40. The minimum absolute atomic E-state index is 0.0655. The molecule has 1 aromatic carbocycles. The van der Waals surface area contributed by atoms with Crippen LogP contribution in [0.25, 0.3) is 0 Å². The number of nitrogens with one attached hydrogen (secondary N) is 1. The van der Waals surface area contributed by atoms with Gasteiger partial charge in [0.2, 0.25) is 6.43 Å². The maximum atomic E-state index is 13.4. The summed E-state index contributed by atoms with van der Waals surface area (Å²) in [4.78, 5) is 25.0. The maximum absolute atomic E-state index is 13.4. The predicted octanol–water partition coefficient (Wildman–Crippen LogP) is 3.51. The highest BCUT2D eigenvalue weighted by molar-refractivity contribution is 7.99. The molecule has 2 N–H and O–H groups in total. The van der Waals surface area contributed by atoms with Gasteiger partial charge in [-0.3, -0.25) is 4.79 Å². The average molecular weight is 362 g/mol. The highest BCUT2D eigenvalue weighted by Crippen LogP contribution is 2.30. The van der Waals surface area contributed by atoms with Crippen LogP contribution in [0.4, 0.5) is 23.7 Å². The number of rotatable bonds is 5. The number of piperidine rings is 1. The van der Waals surface area contributed by atoms with Crippen LogP contribution in [-0.4, -0.2) is 47.3 Å². The van der Waals surface area contributed by atoms with Crippen LogP contribution in [0.2, 0.25) is 0 Å². The largest absolute Gasteiger partial charge is 0.481 e. The third kappa shape index (κ3) is 5.05. The fourth-order valence-corrected chi connectivity index (χ4v) is 3.17. The predicted molar refractivity (Wildman–Crippen MR) is 84.1 cm³/mol. The Bertz CT molecular complexity index is 616. The van der Waals surface area contributed by atoms with Crippen LogP contribution < -0.4 is 5.32 Å². The fourth-order valence-electron chi connectivity index (χ4n) is 2.44. The minimum atomic E-state index is -2.53. The van der Waals surface area contributed by atoms with E-state index < -0.39 is 35.9 Å². The van der Waals surface area contributed by atoms with E-state index in [-0.39, 0.29) is 12.2 Å². The summed E-state index contributed by atoms with van der Waals surface area (Å²) in [5.41, 5.74) is 0.100. The number of benzene rings is 1. The van der Waals surface area contributed by atoms with Gasteiger partial charge in [0.1, 0.15) is 5.82 Å². The Morgan fingerprint density at radius 2 is 2.17 bits per heavy atom. The van der Waals surface area contributed by atoms with Crippen molar-refractivity contribution in [3.63, 3.8) is 0 Å². The van der Waals surface area contributed by atoms with Crippen LogP contribution in [0.15, 0.2) is 23.1 Å². The lowest BCUT2D eigenvalue weighted by molar-refractivity contribution is -0.143. The lowest BCUT2D eigenvalue weighted by Gasteiger charge is -2.31. The number of carbonyl (C=O) groups is 2. The van der Waals surface area contributed by atoms with Crippen LogP contribution in [0.5, 0.6) is 0 Å². The Balaban J connectivity index is 2.07. The third-order valence-electron chi connectivity index (χ3n) is 3.61. The van der Waals surface area contributed by atoms with Gasteiger partial charge in [-0.2, -0.15) is 0 Å². The molecule has 132 valence electrons. The van der Waals surface area contributed by atoms with Crippen LogP contribution in [-0.2, 0) is 4.79 Å². The van der Waals surface area contributed by atoms with E-state index in [9.17, 15) is 22.8 Å². The molecule has 2 amide bonds. The van der Waals surface area contributed by atoms with Gasteiger partial charge in [0.15, 0.2) is 0 Å². The number of likely N-dealkylation sites (tertiary alicyclic amines) is 1. The van der Waals surface area contributed by atoms with E-state index >= 15 is 0 Å². The van der Waals surface area contributed by atoms with Crippen molar-refractivity contribution in [3.8, 4) is 0 Å². The summed E-state index contributed by atoms with van der Waals surface area (Å²) in [5.74, 6) is -2.68. The summed E-state index contributed by atoms with van der Waals surface area (Å²) >= 11 is 0.814. The molecule has 0 bridgehead atoms. The van der Waals surface area contributed by atoms with Gasteiger partial charge in [-0.05, 0) is 31.0 Å². The third-order valence-corrected chi connectivity index (χ3v) is 4.69. The van der Waals surface area contributed by atoms with E-state index in [1.807, 2.05) is 0 Å². The van der Waals surface area contributed by atoms with Gasteiger partial charge in [0.05, 0.1) is 17.4 Å². The molecule has 0 aromatic heterocycles. The monoisotopic (exact) mass is 362 g/mol. The molecule has 1 aromatic rings. The molecule has 9 heteroatoms. The van der Waals surface area contributed by atoms with Crippen molar-refractivity contribution in [1.29, 1.82) is 0 Å². The Morgan fingerprint density at radius 3 is 2.83 bits per heavy atom. The molecule has 2 rings (SSSR count). The number of carboxylic acids is 1. The topological polar surface area (TPSA) is 69.6 Å². The van der Waals surface area contributed by atoms with Crippen molar-refractivity contribution in [1.82, 2.24) is 4.90 Å². The molecule has 0 radical (unpaired) electrons. The van der Waals surface area contributed by atoms with Gasteiger partial charge in [0.25, 0.3) is 0 Å². The number of hydrogen-bond acceptors (Lipinski definition) is 3. The van der Waals surface area contributed by atoms with Gasteiger partial charge in [-0.25, -0.2) is 18.0 Å². The van der Waals surface area contributed by atoms with Gasteiger partial charge in [-0.1, -0.05) is 0 Å². The van der Waals surface area contributed by atoms with Crippen molar-refractivity contribution in [2.75, 3.05) is 24.2 Å². The van der Waals surface area contributed by atoms with Gasteiger partial charge in [-0.15, -0.1) is 11.8 Å². The number of carbonyl (C=O) groups excluding carboxylic acids is 1. The van der Waals surface area contributed by atoms with Crippen LogP contribution in [0.1, 0.15) is 12.8 Å². The van der Waals surface area contributed by atoms with Crippen molar-refractivity contribution >= 4 is 29.4 Å². The first-order valence-corrected chi connectivity index (χ1v) is 8.34. The molecular weight excluding hydrogens is 345 g/mol. The van der Waals surface area contributed by atoms with Crippen LogP contribution in [0.3, 0.4) is 0 Å². The summed E-state index contributed by atoms with van der Waals surface area (Å²) in [5, 5.41) is 11.5. The number of amides is 2. The molecule has 0 saturated carbocycles. The number of anilines is 1. The van der Waals surface area contributed by atoms with E-state index in [2.05, 4.69) is 5.32 Å². The standard InChI is InChI=1S/C15H17F3N2O3S/c16-10-3-4-12(24-8-13(17)18)11(6-10)19-15(23)20-5-1-2-9(7-20)14(21)22/h3-4,6,9,13H,1-2,5,7-8H2,(H,19,23)(H,21,22). The first-order chi connectivity index (χ1) is 11.4. The smallest absolute Gasteiger partial charge is 0.321 e. The molecule has 0 aliphatic carbocycles. The van der Waals surface area contributed by atoms with Crippen molar-refractivity contribution in [2.45, 2.75) is 24.2 Å². The zero-order valence-electron chi connectivity index (χ0n) is 12.7. The first-order valence-electron chi connectivity index (χ1n) is 7.36. The Kier molecular flexibility index (Phi) is 6.36. The molecule has 1 unspecified atom stereocenters. The van der Waals surface area contributed by atoms with Crippen LogP contribution in [0, 0.1) is 11.7 Å². The first kappa shape index (κ1) is 18.4. The Hall–Kier alpha value is -1.90. The molecule has 5 nitrogen and oxygen atoms in total. The lowest BCUT2D eigenvalue weighted by atomic mass is 9.99. The second-order valence-corrected chi connectivity index (χ2v) is 6.46. The van der Waals surface area contributed by atoms with E-state index in [0.717, 1.165) is 23.9 Å². The number of carboxylic acid groups (broad SMARTS) is 1. The normalized spacial score (nSPS) is 17.8. The number of aliphatic carboxylic acids is 1. The quantitative estimate of drug-likeness (QED) is 0.787. The van der Waals surface area contributed by atoms with E-state index in [1.165, 1.54) is 11.0 Å². The maximum Gasteiger partial charge on any atom is 0.321 e. The summed E-state index contributed by atoms with van der Waals surface area (Å²) in [7, 11) is 0. The molecule has 1 aliphatic rings. The number of urea groups is 1. The number of hydrogen-bond donors (Lipinski definition) is 2. The van der Waals surface area contributed by atoms with Gasteiger partial charge < -0.3 is 15.3 Å². The summed E-state index contributed by atoms with van der Waals surface area (Å²) in [6.07, 6.45) is -1.48. The Labute approximate surface area is 141 Å². The molecule has 1 fully saturated rings. The van der Waals surface area contributed by atoms with Crippen molar-refractivity contribution < 1.29 is 27.9 Å². The number of nitrogens with zero attached hydrogens (tertiary/aromatic N) is 1. The Morgan fingerprint density at radius 1 is 1.42 bits per heavy atom. The van der Waals surface area contributed by atoms with Gasteiger partial charge >= 0.3 is 12.0 Å². The molecular formula is C15H17F3N2O3S. The number of thioether (sulfide) groups is 1.